The lowest BCUT2D eigenvalue weighted by Crippen LogP contribution is -2.49. The fourth-order valence-electron chi connectivity index (χ4n) is 3.34. The van der Waals surface area contributed by atoms with E-state index in [-0.39, 0.29) is 0 Å². The summed E-state index contributed by atoms with van der Waals surface area (Å²) in [7, 11) is 0. The molecule has 1 aliphatic rings. The van der Waals surface area contributed by atoms with E-state index in [1.54, 1.807) is 0 Å². The van der Waals surface area contributed by atoms with Crippen LogP contribution in [0, 0.1) is 5.41 Å². The van der Waals surface area contributed by atoms with Gasteiger partial charge in [0, 0.05) is 24.7 Å². The van der Waals surface area contributed by atoms with Crippen LogP contribution in [-0.4, -0.2) is 15.8 Å². The minimum atomic E-state index is 0.313. The van der Waals surface area contributed by atoms with Gasteiger partial charge in [0.1, 0.15) is 0 Å². The predicted molar refractivity (Wildman–Crippen MR) is 83.2 cm³/mol. The first kappa shape index (κ1) is 15.5. The van der Waals surface area contributed by atoms with Crippen molar-refractivity contribution < 1.29 is 0 Å². The highest BCUT2D eigenvalue weighted by Crippen LogP contribution is 2.39. The topological polar surface area (TPSA) is 55.9 Å². The maximum absolute atomic E-state index is 5.84. The molecule has 0 aliphatic heterocycles. The maximum atomic E-state index is 5.84. The third kappa shape index (κ3) is 3.41. The molecule has 114 valence electrons. The van der Waals surface area contributed by atoms with E-state index in [1.165, 1.54) is 32.1 Å². The van der Waals surface area contributed by atoms with E-state index in [1.807, 2.05) is 0 Å². The fourth-order valence-corrected chi connectivity index (χ4v) is 3.34. The van der Waals surface area contributed by atoms with Crippen molar-refractivity contribution in [3.05, 3.63) is 18.0 Å². The lowest BCUT2D eigenvalue weighted by atomic mass is 9.69. The Morgan fingerprint density at radius 3 is 2.70 bits per heavy atom. The van der Waals surface area contributed by atoms with Crippen molar-refractivity contribution >= 4 is 0 Å². The van der Waals surface area contributed by atoms with Crippen molar-refractivity contribution in [2.24, 2.45) is 11.3 Å². The van der Waals surface area contributed by atoms with E-state index < -0.39 is 0 Å². The minimum Gasteiger partial charge on any atom is -0.271 e. The summed E-state index contributed by atoms with van der Waals surface area (Å²) in [5.74, 6) is 5.84. The molecule has 2 unspecified atom stereocenters. The molecule has 1 aromatic rings. The van der Waals surface area contributed by atoms with Crippen molar-refractivity contribution in [1.29, 1.82) is 0 Å². The Kier molecular flexibility index (Phi) is 5.22. The summed E-state index contributed by atoms with van der Waals surface area (Å²) in [4.78, 5) is 0. The molecule has 0 bridgehead atoms. The summed E-state index contributed by atoms with van der Waals surface area (Å²) >= 11 is 0. The normalized spacial score (nSPS) is 21.6. The summed E-state index contributed by atoms with van der Waals surface area (Å²) in [5.41, 5.74) is 4.53. The molecule has 0 radical (unpaired) electrons. The van der Waals surface area contributed by atoms with Gasteiger partial charge in [0.05, 0.1) is 5.69 Å². The maximum Gasteiger partial charge on any atom is 0.0640 e. The first-order valence-corrected chi connectivity index (χ1v) is 8.09. The van der Waals surface area contributed by atoms with Crippen molar-refractivity contribution in [2.45, 2.75) is 77.8 Å². The molecule has 1 heterocycles. The average molecular weight is 278 g/mol. The summed E-state index contributed by atoms with van der Waals surface area (Å²) in [6, 6.07) is 2.93. The number of nitrogens with one attached hydrogen (secondary N) is 1. The SMILES string of the molecule is CCC(C)n1ccc(CC(NN)C2(C)CCCCC2)n1. The van der Waals surface area contributed by atoms with Crippen molar-refractivity contribution in [1.82, 2.24) is 15.2 Å². The zero-order valence-corrected chi connectivity index (χ0v) is 13.2. The first-order chi connectivity index (χ1) is 9.59. The lowest BCUT2D eigenvalue weighted by Gasteiger charge is -2.40. The van der Waals surface area contributed by atoms with Gasteiger partial charge >= 0.3 is 0 Å². The van der Waals surface area contributed by atoms with E-state index in [0.717, 1.165) is 18.5 Å². The monoisotopic (exact) mass is 278 g/mol. The Morgan fingerprint density at radius 1 is 1.40 bits per heavy atom. The summed E-state index contributed by atoms with van der Waals surface area (Å²) < 4.78 is 2.08. The van der Waals surface area contributed by atoms with Crippen molar-refractivity contribution in [3.63, 3.8) is 0 Å². The molecule has 1 fully saturated rings. The minimum absolute atomic E-state index is 0.313. The Morgan fingerprint density at radius 2 is 2.10 bits per heavy atom. The van der Waals surface area contributed by atoms with Crippen LogP contribution in [-0.2, 0) is 6.42 Å². The van der Waals surface area contributed by atoms with E-state index in [4.69, 9.17) is 10.9 Å². The van der Waals surface area contributed by atoms with Crippen LogP contribution < -0.4 is 11.3 Å². The molecule has 1 aromatic heterocycles. The smallest absolute Gasteiger partial charge is 0.0640 e. The average Bonchev–Trinajstić information content (AvgIpc) is 2.93. The Bertz CT molecular complexity index is 406. The number of nitrogens with two attached hydrogens (primary N) is 1. The van der Waals surface area contributed by atoms with E-state index in [9.17, 15) is 0 Å². The molecule has 0 spiro atoms. The number of rotatable bonds is 6. The van der Waals surface area contributed by atoms with Gasteiger partial charge in [-0.1, -0.05) is 33.1 Å². The van der Waals surface area contributed by atoms with Gasteiger partial charge in [-0.2, -0.15) is 5.10 Å². The number of hydrogen-bond donors (Lipinski definition) is 2. The van der Waals surface area contributed by atoms with E-state index in [0.29, 0.717) is 17.5 Å². The summed E-state index contributed by atoms with van der Waals surface area (Å²) in [5, 5.41) is 4.72. The van der Waals surface area contributed by atoms with Crippen LogP contribution in [0.1, 0.15) is 71.0 Å². The van der Waals surface area contributed by atoms with Gasteiger partial charge in [-0.25, -0.2) is 0 Å². The van der Waals surface area contributed by atoms with Crippen LogP contribution >= 0.6 is 0 Å². The highest BCUT2D eigenvalue weighted by Gasteiger charge is 2.35. The molecule has 0 saturated heterocycles. The predicted octanol–water partition coefficient (Wildman–Crippen LogP) is 3.20. The van der Waals surface area contributed by atoms with Crippen LogP contribution in [0.15, 0.2) is 12.3 Å². The summed E-state index contributed by atoms with van der Waals surface area (Å²) in [6.07, 6.45) is 10.7. The second-order valence-corrected chi connectivity index (χ2v) is 6.68. The van der Waals surface area contributed by atoms with Crippen molar-refractivity contribution in [2.75, 3.05) is 0 Å². The van der Waals surface area contributed by atoms with Crippen LogP contribution in [0.25, 0.3) is 0 Å². The molecule has 1 aliphatic carbocycles. The zero-order valence-electron chi connectivity index (χ0n) is 13.2. The molecule has 0 amide bonds. The molecule has 4 heteroatoms. The van der Waals surface area contributed by atoms with Crippen LogP contribution in [0.4, 0.5) is 0 Å². The Balaban J connectivity index is 2.04. The van der Waals surface area contributed by atoms with Gasteiger partial charge in [0.2, 0.25) is 0 Å². The van der Waals surface area contributed by atoms with Gasteiger partial charge in [-0.05, 0) is 37.7 Å². The van der Waals surface area contributed by atoms with Gasteiger partial charge in [0.15, 0.2) is 0 Å². The van der Waals surface area contributed by atoms with Crippen molar-refractivity contribution in [3.8, 4) is 0 Å². The molecule has 4 nitrogen and oxygen atoms in total. The van der Waals surface area contributed by atoms with E-state index in [2.05, 4.69) is 43.1 Å². The third-order valence-electron chi connectivity index (χ3n) is 5.16. The standard InChI is InChI=1S/C16H30N4/c1-4-13(2)20-11-8-14(19-20)12-15(18-17)16(3)9-6-5-7-10-16/h8,11,13,15,18H,4-7,9-10,12,17H2,1-3H3. The molecule has 1 saturated carbocycles. The number of hydrogen-bond acceptors (Lipinski definition) is 3. The molecular weight excluding hydrogens is 248 g/mol. The number of nitrogens with zero attached hydrogens (tertiary/aromatic N) is 2. The highest BCUT2D eigenvalue weighted by molar-refractivity contribution is 5.05. The van der Waals surface area contributed by atoms with Gasteiger partial charge < -0.3 is 0 Å². The Hall–Kier alpha value is -0.870. The largest absolute Gasteiger partial charge is 0.271 e. The van der Waals surface area contributed by atoms with Gasteiger partial charge in [-0.3, -0.25) is 16.0 Å². The van der Waals surface area contributed by atoms with E-state index >= 15 is 0 Å². The fraction of sp³-hybridized carbons (Fsp3) is 0.812. The van der Waals surface area contributed by atoms with Crippen LogP contribution in [0.5, 0.6) is 0 Å². The molecule has 2 rings (SSSR count). The lowest BCUT2D eigenvalue weighted by molar-refractivity contribution is 0.143. The number of aromatic nitrogens is 2. The third-order valence-corrected chi connectivity index (χ3v) is 5.16. The summed E-state index contributed by atoms with van der Waals surface area (Å²) in [6.45, 7) is 6.78. The molecule has 2 atom stereocenters. The molecule has 0 aromatic carbocycles. The van der Waals surface area contributed by atoms with Crippen LogP contribution in [0.2, 0.25) is 0 Å². The van der Waals surface area contributed by atoms with Gasteiger partial charge in [-0.15, -0.1) is 0 Å². The van der Waals surface area contributed by atoms with Crippen LogP contribution in [0.3, 0.4) is 0 Å². The molecule has 3 N–H and O–H groups in total. The molecule has 20 heavy (non-hydrogen) atoms. The first-order valence-electron chi connectivity index (χ1n) is 8.09. The molecular formula is C16H30N4. The second-order valence-electron chi connectivity index (χ2n) is 6.68. The second kappa shape index (κ2) is 6.72. The highest BCUT2D eigenvalue weighted by atomic mass is 15.3. The van der Waals surface area contributed by atoms with Gasteiger partial charge in [0.25, 0.3) is 0 Å². The number of hydrazine groups is 1. The zero-order chi connectivity index (χ0) is 14.6. The quantitative estimate of drug-likeness (QED) is 0.620. The Labute approximate surface area is 123 Å².